The van der Waals surface area contributed by atoms with Crippen molar-refractivity contribution in [2.75, 3.05) is 10.6 Å². The van der Waals surface area contributed by atoms with Crippen LogP contribution in [0.25, 0.3) is 22.5 Å². The van der Waals surface area contributed by atoms with Crippen molar-refractivity contribution >= 4 is 91.2 Å². The molecule has 0 radical (unpaired) electrons. The van der Waals surface area contributed by atoms with E-state index in [0.717, 1.165) is 0 Å². The van der Waals surface area contributed by atoms with Gasteiger partial charge in [-0.2, -0.15) is 0 Å². The van der Waals surface area contributed by atoms with Crippen LogP contribution in [-0.4, -0.2) is 26.8 Å². The molecule has 0 saturated heterocycles. The maximum atomic E-state index is 12.8. The van der Waals surface area contributed by atoms with E-state index < -0.39 is 11.8 Å². The van der Waals surface area contributed by atoms with E-state index in [2.05, 4.69) is 25.6 Å². The molecule has 3 aromatic heterocycles. The fraction of sp³-hybridized carbons (Fsp3) is 0. The second-order valence-corrected chi connectivity index (χ2v) is 11.0. The van der Waals surface area contributed by atoms with Gasteiger partial charge in [0, 0.05) is 31.9 Å². The van der Waals surface area contributed by atoms with E-state index in [9.17, 15) is 9.59 Å². The Hall–Kier alpha value is -3.05. The molecule has 38 heavy (non-hydrogen) atoms. The Kier molecular flexibility index (Phi) is 7.94. The minimum absolute atomic E-state index is 0.0479. The van der Waals surface area contributed by atoms with Crippen molar-refractivity contribution in [2.45, 2.75) is 0 Å². The first-order valence-electron chi connectivity index (χ1n) is 10.7. The van der Waals surface area contributed by atoms with Crippen LogP contribution >= 0.6 is 69.1 Å². The summed E-state index contributed by atoms with van der Waals surface area (Å²) in [6.07, 6.45) is 0. The van der Waals surface area contributed by atoms with Crippen molar-refractivity contribution in [3.63, 3.8) is 0 Å². The first-order chi connectivity index (χ1) is 18.3. The Morgan fingerprint density at radius 1 is 0.632 bits per heavy atom. The van der Waals surface area contributed by atoms with Gasteiger partial charge < -0.3 is 0 Å². The van der Waals surface area contributed by atoms with Crippen molar-refractivity contribution in [3.05, 3.63) is 96.8 Å². The van der Waals surface area contributed by atoms with Gasteiger partial charge in [-0.25, -0.2) is 15.0 Å². The Bertz CT molecular complexity index is 1570. The van der Waals surface area contributed by atoms with Gasteiger partial charge in [0.2, 0.25) is 0 Å². The normalized spacial score (nSPS) is 10.8. The first kappa shape index (κ1) is 26.6. The van der Waals surface area contributed by atoms with Gasteiger partial charge in [-0.15, -0.1) is 22.7 Å². The molecule has 0 aliphatic carbocycles. The topological polar surface area (TPSA) is 96.9 Å². The fourth-order valence-corrected chi connectivity index (χ4v) is 5.74. The van der Waals surface area contributed by atoms with Crippen LogP contribution in [0.15, 0.2) is 65.4 Å². The standard InChI is InChI=1S/C25H13Cl4N5O2S2/c26-12-4-6-14(16(28)8-12)20-10-37-24(31-20)33-22(35)18-2-1-3-19(30-18)23(36)34-25-32-21(11-38-25)15-7-5-13(27)9-17(15)29/h1-11H,(H,31,33,35)(H,32,34,36). The lowest BCUT2D eigenvalue weighted by atomic mass is 10.2. The molecule has 0 spiro atoms. The van der Waals surface area contributed by atoms with Crippen LogP contribution < -0.4 is 10.6 Å². The number of carbonyl (C=O) groups is 2. The summed E-state index contributed by atoms with van der Waals surface area (Å²) in [5, 5.41) is 11.6. The number of benzene rings is 2. The van der Waals surface area contributed by atoms with Crippen LogP contribution in [0, 0.1) is 0 Å². The van der Waals surface area contributed by atoms with Crippen LogP contribution in [0.2, 0.25) is 20.1 Å². The molecule has 0 saturated carbocycles. The molecular weight excluding hydrogens is 608 g/mol. The van der Waals surface area contributed by atoms with E-state index in [4.69, 9.17) is 46.4 Å². The van der Waals surface area contributed by atoms with Crippen molar-refractivity contribution in [1.29, 1.82) is 0 Å². The quantitative estimate of drug-likeness (QED) is 0.198. The summed E-state index contributed by atoms with van der Waals surface area (Å²) in [5.41, 5.74) is 2.66. The SMILES string of the molecule is O=C(Nc1nc(-c2ccc(Cl)cc2Cl)cs1)c1cccc(C(=O)Nc2nc(-c3ccc(Cl)cc3Cl)cs2)n1. The average molecular weight is 621 g/mol. The van der Waals surface area contributed by atoms with E-state index in [-0.39, 0.29) is 11.4 Å². The molecule has 0 aliphatic rings. The number of nitrogens with one attached hydrogen (secondary N) is 2. The molecule has 5 aromatic rings. The van der Waals surface area contributed by atoms with Crippen LogP contribution in [0.1, 0.15) is 21.0 Å². The number of anilines is 2. The Morgan fingerprint density at radius 2 is 1.08 bits per heavy atom. The van der Waals surface area contributed by atoms with E-state index >= 15 is 0 Å². The smallest absolute Gasteiger partial charge is 0.276 e. The van der Waals surface area contributed by atoms with Gasteiger partial charge in [-0.05, 0) is 48.5 Å². The first-order valence-corrected chi connectivity index (χ1v) is 14.0. The monoisotopic (exact) mass is 619 g/mol. The zero-order valence-electron chi connectivity index (χ0n) is 18.8. The third-order valence-corrected chi connectivity index (χ3v) is 7.69. The molecule has 5 rings (SSSR count). The molecule has 0 bridgehead atoms. The number of aromatic nitrogens is 3. The molecule has 0 aliphatic heterocycles. The Labute approximate surface area is 244 Å². The highest BCUT2D eigenvalue weighted by Crippen LogP contribution is 2.33. The van der Waals surface area contributed by atoms with Crippen LogP contribution in [0.5, 0.6) is 0 Å². The highest BCUT2D eigenvalue weighted by atomic mass is 35.5. The van der Waals surface area contributed by atoms with Gasteiger partial charge in [0.15, 0.2) is 10.3 Å². The predicted molar refractivity (Wildman–Crippen MR) is 155 cm³/mol. The van der Waals surface area contributed by atoms with Crippen molar-refractivity contribution in [1.82, 2.24) is 15.0 Å². The maximum Gasteiger partial charge on any atom is 0.276 e. The lowest BCUT2D eigenvalue weighted by Crippen LogP contribution is -2.18. The number of amides is 2. The van der Waals surface area contributed by atoms with E-state index in [1.165, 1.54) is 34.8 Å². The molecule has 190 valence electrons. The molecule has 2 amide bonds. The zero-order chi connectivity index (χ0) is 26.8. The minimum atomic E-state index is -0.517. The maximum absolute atomic E-state index is 12.8. The van der Waals surface area contributed by atoms with Crippen molar-refractivity contribution in [2.24, 2.45) is 0 Å². The number of pyridine rings is 1. The van der Waals surface area contributed by atoms with Gasteiger partial charge in [0.25, 0.3) is 11.8 Å². The van der Waals surface area contributed by atoms with Gasteiger partial charge >= 0.3 is 0 Å². The summed E-state index contributed by atoms with van der Waals surface area (Å²) in [7, 11) is 0. The molecule has 3 heterocycles. The minimum Gasteiger partial charge on any atom is -0.296 e. The second-order valence-electron chi connectivity index (χ2n) is 7.64. The highest BCUT2D eigenvalue weighted by Gasteiger charge is 2.17. The Balaban J connectivity index is 1.27. The second kappa shape index (κ2) is 11.4. The van der Waals surface area contributed by atoms with E-state index in [0.29, 0.717) is 52.9 Å². The van der Waals surface area contributed by atoms with Gasteiger partial charge in [0.05, 0.1) is 21.4 Å². The molecule has 0 unspecified atom stereocenters. The van der Waals surface area contributed by atoms with Gasteiger partial charge in [-0.3, -0.25) is 20.2 Å². The number of rotatable bonds is 6. The average Bonchev–Trinajstić information content (AvgIpc) is 3.54. The number of thiazole rings is 2. The number of hydrogen-bond acceptors (Lipinski definition) is 7. The van der Waals surface area contributed by atoms with Crippen LogP contribution in [0.4, 0.5) is 10.3 Å². The number of hydrogen-bond donors (Lipinski definition) is 2. The van der Waals surface area contributed by atoms with E-state index in [1.807, 2.05) is 0 Å². The summed E-state index contributed by atoms with van der Waals surface area (Å²) in [5.74, 6) is -1.03. The highest BCUT2D eigenvalue weighted by molar-refractivity contribution is 7.14. The predicted octanol–water partition coefficient (Wildman–Crippen LogP) is 8.45. The summed E-state index contributed by atoms with van der Waals surface area (Å²) in [6, 6.07) is 14.7. The zero-order valence-corrected chi connectivity index (χ0v) is 23.5. The molecule has 2 N–H and O–H groups in total. The molecule has 0 fully saturated rings. The van der Waals surface area contributed by atoms with Crippen molar-refractivity contribution in [3.8, 4) is 22.5 Å². The molecule has 0 atom stereocenters. The Morgan fingerprint density at radius 3 is 1.50 bits per heavy atom. The summed E-state index contributed by atoms with van der Waals surface area (Å²) < 4.78 is 0. The molecule has 7 nitrogen and oxygen atoms in total. The van der Waals surface area contributed by atoms with Crippen molar-refractivity contribution < 1.29 is 9.59 Å². The fourth-order valence-electron chi connectivity index (χ4n) is 3.31. The third-order valence-electron chi connectivity index (χ3n) is 5.08. The lowest BCUT2D eigenvalue weighted by Gasteiger charge is -2.05. The lowest BCUT2D eigenvalue weighted by molar-refractivity contribution is 0.101. The summed E-state index contributed by atoms with van der Waals surface area (Å²) in [6.45, 7) is 0. The molecule has 13 heteroatoms. The van der Waals surface area contributed by atoms with Gasteiger partial charge in [0.1, 0.15) is 11.4 Å². The summed E-state index contributed by atoms with van der Waals surface area (Å²) in [4.78, 5) is 38.6. The molecular formula is C25H13Cl4N5O2S2. The van der Waals surface area contributed by atoms with Crippen LogP contribution in [0.3, 0.4) is 0 Å². The third kappa shape index (κ3) is 5.99. The summed E-state index contributed by atoms with van der Waals surface area (Å²) >= 11 is 26.9. The number of halogens is 4. The largest absolute Gasteiger partial charge is 0.296 e. The van der Waals surface area contributed by atoms with Gasteiger partial charge in [-0.1, -0.05) is 52.5 Å². The molecule has 2 aromatic carbocycles. The number of nitrogens with zero attached hydrogens (tertiary/aromatic N) is 3. The number of carbonyl (C=O) groups excluding carboxylic acids is 2. The van der Waals surface area contributed by atoms with Crippen LogP contribution in [-0.2, 0) is 0 Å². The van der Waals surface area contributed by atoms with E-state index in [1.54, 1.807) is 53.2 Å².